The quantitative estimate of drug-likeness (QED) is 0.255. The predicted octanol–water partition coefficient (Wildman–Crippen LogP) is 4.73. The van der Waals surface area contributed by atoms with Gasteiger partial charge in [0.05, 0.1) is 7.11 Å². The Kier molecular flexibility index (Phi) is 8.60. The van der Waals surface area contributed by atoms with Crippen molar-refractivity contribution in [3.63, 3.8) is 0 Å². The van der Waals surface area contributed by atoms with E-state index in [4.69, 9.17) is 14.2 Å². The summed E-state index contributed by atoms with van der Waals surface area (Å²) in [5.74, 6) is 1.26. The summed E-state index contributed by atoms with van der Waals surface area (Å²) in [6.07, 6.45) is 2.20. The lowest BCUT2D eigenvalue weighted by Gasteiger charge is -2.13. The number of carbonyl (C=O) groups is 1. The second-order valence-corrected chi connectivity index (χ2v) is 8.39. The summed E-state index contributed by atoms with van der Waals surface area (Å²) in [6.45, 7) is 6.74. The van der Waals surface area contributed by atoms with Crippen molar-refractivity contribution >= 4 is 28.5 Å². The fourth-order valence-electron chi connectivity index (χ4n) is 2.93. The third kappa shape index (κ3) is 6.56. The zero-order valence-electron chi connectivity index (χ0n) is 19.5. The second kappa shape index (κ2) is 11.8. The molecule has 0 bridgehead atoms. The Morgan fingerprint density at radius 3 is 2.56 bits per heavy atom. The summed E-state index contributed by atoms with van der Waals surface area (Å²) in [6, 6.07) is 13.0. The topological polar surface area (TPSA) is 106 Å². The van der Waals surface area contributed by atoms with Crippen LogP contribution in [0, 0.1) is 25.2 Å². The molecule has 0 fully saturated rings. The molecule has 34 heavy (non-hydrogen) atoms. The van der Waals surface area contributed by atoms with E-state index in [1.54, 1.807) is 18.2 Å². The molecule has 0 aliphatic rings. The van der Waals surface area contributed by atoms with Gasteiger partial charge in [-0.05, 0) is 67.3 Å². The minimum absolute atomic E-state index is 0.0641. The van der Waals surface area contributed by atoms with Gasteiger partial charge in [-0.25, -0.2) is 0 Å². The summed E-state index contributed by atoms with van der Waals surface area (Å²) in [5, 5.41) is 21.1. The van der Waals surface area contributed by atoms with Crippen LogP contribution in [0.3, 0.4) is 0 Å². The number of nitriles is 1. The van der Waals surface area contributed by atoms with Crippen molar-refractivity contribution in [2.45, 2.75) is 27.2 Å². The molecule has 3 aromatic rings. The molecule has 1 N–H and O–H groups in total. The fraction of sp³-hybridized carbons (Fsp3) is 0.280. The average Bonchev–Trinajstić information content (AvgIpc) is 3.30. The van der Waals surface area contributed by atoms with Crippen LogP contribution in [0.25, 0.3) is 6.08 Å². The first-order valence-electron chi connectivity index (χ1n) is 10.7. The number of benzene rings is 2. The summed E-state index contributed by atoms with van der Waals surface area (Å²) >= 11 is 1.27. The van der Waals surface area contributed by atoms with Gasteiger partial charge in [-0.3, -0.25) is 10.1 Å². The van der Waals surface area contributed by atoms with E-state index in [1.807, 2.05) is 38.1 Å². The number of methoxy groups -OCH3 is 1. The number of ether oxygens (including phenoxy) is 3. The van der Waals surface area contributed by atoms with E-state index in [0.717, 1.165) is 17.2 Å². The van der Waals surface area contributed by atoms with E-state index >= 15 is 0 Å². The van der Waals surface area contributed by atoms with Crippen molar-refractivity contribution in [3.8, 4) is 23.3 Å². The van der Waals surface area contributed by atoms with E-state index in [0.29, 0.717) is 35.4 Å². The lowest BCUT2D eigenvalue weighted by molar-refractivity contribution is -0.112. The van der Waals surface area contributed by atoms with E-state index in [-0.39, 0.29) is 5.57 Å². The summed E-state index contributed by atoms with van der Waals surface area (Å²) in [7, 11) is 1.53. The number of nitrogens with one attached hydrogen (secondary N) is 1. The molecule has 0 aliphatic carbocycles. The van der Waals surface area contributed by atoms with Crippen molar-refractivity contribution in [3.05, 3.63) is 63.7 Å². The molecular weight excluding hydrogens is 452 g/mol. The maximum Gasteiger partial charge on any atom is 0.268 e. The lowest BCUT2D eigenvalue weighted by Crippen LogP contribution is -2.13. The molecule has 2 aromatic carbocycles. The van der Waals surface area contributed by atoms with Gasteiger partial charge in [0, 0.05) is 0 Å². The Hall–Kier alpha value is -3.90. The minimum Gasteiger partial charge on any atom is -0.493 e. The number of aromatic nitrogens is 2. The monoisotopic (exact) mass is 478 g/mol. The highest BCUT2D eigenvalue weighted by Gasteiger charge is 2.13. The fourth-order valence-corrected chi connectivity index (χ4v) is 3.61. The molecule has 1 amide bonds. The van der Waals surface area contributed by atoms with Crippen molar-refractivity contribution in [1.82, 2.24) is 10.2 Å². The number of amides is 1. The van der Waals surface area contributed by atoms with Crippen molar-refractivity contribution < 1.29 is 19.0 Å². The third-order valence-corrected chi connectivity index (χ3v) is 5.92. The smallest absolute Gasteiger partial charge is 0.268 e. The number of anilines is 1. The van der Waals surface area contributed by atoms with Gasteiger partial charge in [0.15, 0.2) is 11.5 Å². The Balaban J connectivity index is 1.62. The van der Waals surface area contributed by atoms with E-state index in [9.17, 15) is 10.1 Å². The standard InChI is InChI=1S/C25H26N4O4S/c1-5-23-28-29-25(34-23)27-24(30)19(15-26)13-18-7-9-21(22(14-18)31-4)33-11-10-32-20-8-6-16(2)17(3)12-20/h6-9,12-14H,5,10-11H2,1-4H3,(H,27,29,30)/b19-13-. The Labute approximate surface area is 202 Å². The van der Waals surface area contributed by atoms with Gasteiger partial charge < -0.3 is 14.2 Å². The highest BCUT2D eigenvalue weighted by Crippen LogP contribution is 2.29. The number of hydrogen-bond acceptors (Lipinski definition) is 8. The van der Waals surface area contributed by atoms with E-state index < -0.39 is 5.91 Å². The number of nitrogens with zero attached hydrogens (tertiary/aromatic N) is 3. The first-order valence-corrected chi connectivity index (χ1v) is 11.5. The maximum absolute atomic E-state index is 12.5. The number of hydrogen-bond donors (Lipinski definition) is 1. The molecule has 0 spiro atoms. The molecule has 0 unspecified atom stereocenters. The van der Waals surface area contributed by atoms with Crippen LogP contribution in [0.5, 0.6) is 17.2 Å². The van der Waals surface area contributed by atoms with Gasteiger partial charge in [-0.2, -0.15) is 5.26 Å². The second-order valence-electron chi connectivity index (χ2n) is 7.33. The van der Waals surface area contributed by atoms with E-state index in [1.165, 1.54) is 35.6 Å². The Morgan fingerprint density at radius 1 is 1.09 bits per heavy atom. The average molecular weight is 479 g/mol. The molecule has 176 valence electrons. The summed E-state index contributed by atoms with van der Waals surface area (Å²) < 4.78 is 17.0. The molecule has 0 aliphatic heterocycles. The van der Waals surface area contributed by atoms with Gasteiger partial charge in [-0.1, -0.05) is 30.4 Å². The van der Waals surface area contributed by atoms with E-state index in [2.05, 4.69) is 22.4 Å². The normalized spacial score (nSPS) is 11.0. The van der Waals surface area contributed by atoms with Crippen molar-refractivity contribution in [1.29, 1.82) is 5.26 Å². The first-order chi connectivity index (χ1) is 16.4. The molecule has 0 saturated carbocycles. The van der Waals surface area contributed by atoms with Crippen molar-refractivity contribution in [2.24, 2.45) is 0 Å². The molecule has 9 heteroatoms. The van der Waals surface area contributed by atoms with Gasteiger partial charge in [0.1, 0.15) is 35.6 Å². The lowest BCUT2D eigenvalue weighted by atomic mass is 10.1. The highest BCUT2D eigenvalue weighted by atomic mass is 32.1. The Bertz CT molecular complexity index is 1230. The van der Waals surface area contributed by atoms with Crippen LogP contribution in [0.2, 0.25) is 0 Å². The van der Waals surface area contributed by atoms with Crippen molar-refractivity contribution in [2.75, 3.05) is 25.6 Å². The third-order valence-electron chi connectivity index (χ3n) is 4.94. The van der Waals surface area contributed by atoms with Crippen LogP contribution in [0.15, 0.2) is 42.0 Å². The zero-order valence-corrected chi connectivity index (χ0v) is 20.4. The molecule has 0 radical (unpaired) electrons. The van der Waals surface area contributed by atoms with Gasteiger partial charge in [0.25, 0.3) is 5.91 Å². The summed E-state index contributed by atoms with van der Waals surface area (Å²) in [5.41, 5.74) is 2.94. The molecule has 0 atom stereocenters. The molecule has 1 heterocycles. The molecule has 8 nitrogen and oxygen atoms in total. The first kappa shape index (κ1) is 24.7. The number of rotatable bonds is 10. The Morgan fingerprint density at radius 2 is 1.88 bits per heavy atom. The number of carbonyl (C=O) groups excluding carboxylic acids is 1. The molecule has 0 saturated heterocycles. The molecule has 1 aromatic heterocycles. The largest absolute Gasteiger partial charge is 0.493 e. The van der Waals surface area contributed by atoms with Gasteiger partial charge in [0.2, 0.25) is 5.13 Å². The minimum atomic E-state index is -0.552. The van der Waals surface area contributed by atoms with Gasteiger partial charge in [-0.15, -0.1) is 10.2 Å². The van der Waals surface area contributed by atoms with Crippen LogP contribution >= 0.6 is 11.3 Å². The molecular formula is C25H26N4O4S. The zero-order chi connectivity index (χ0) is 24.5. The van der Waals surface area contributed by atoms with Crippen LogP contribution in [-0.4, -0.2) is 36.4 Å². The van der Waals surface area contributed by atoms with Crippen LogP contribution < -0.4 is 19.5 Å². The number of aryl methyl sites for hydroxylation is 3. The summed E-state index contributed by atoms with van der Waals surface area (Å²) in [4.78, 5) is 12.5. The van der Waals surface area contributed by atoms with Crippen LogP contribution in [0.4, 0.5) is 5.13 Å². The SMILES string of the molecule is CCc1nnc(NC(=O)/C(C#N)=C\c2ccc(OCCOc3ccc(C)c(C)c3)c(OC)c2)s1. The predicted molar refractivity (Wildman–Crippen MR) is 131 cm³/mol. The van der Waals surface area contributed by atoms with Crippen LogP contribution in [-0.2, 0) is 11.2 Å². The highest BCUT2D eigenvalue weighted by molar-refractivity contribution is 7.15. The van der Waals surface area contributed by atoms with Gasteiger partial charge >= 0.3 is 0 Å². The maximum atomic E-state index is 12.5. The molecule has 3 rings (SSSR count). The van der Waals surface area contributed by atoms with Crippen LogP contribution in [0.1, 0.15) is 28.6 Å².